The number of benzene rings is 2. The molecule has 0 fully saturated rings. The summed E-state index contributed by atoms with van der Waals surface area (Å²) in [6.07, 6.45) is 0.654. The van der Waals surface area contributed by atoms with Crippen LogP contribution >= 0.6 is 0 Å². The van der Waals surface area contributed by atoms with Crippen LogP contribution in [0.5, 0.6) is 5.75 Å². The number of nitrogens with zero attached hydrogens (tertiary/aromatic N) is 2. The zero-order valence-electron chi connectivity index (χ0n) is 15.1. The van der Waals surface area contributed by atoms with Gasteiger partial charge in [-0.15, -0.1) is 0 Å². The maximum Gasteiger partial charge on any atom is 0.227 e. The van der Waals surface area contributed by atoms with Crippen LogP contribution < -0.4 is 10.1 Å². The van der Waals surface area contributed by atoms with Gasteiger partial charge in [0.25, 0.3) is 0 Å². The molecule has 1 heterocycles. The molecule has 0 aliphatic rings. The van der Waals surface area contributed by atoms with Gasteiger partial charge in [-0.05, 0) is 43.2 Å². The molecule has 134 valence electrons. The van der Waals surface area contributed by atoms with Crippen molar-refractivity contribution in [2.24, 2.45) is 0 Å². The average molecular weight is 351 g/mol. The number of aryl methyl sites for hydroxylation is 3. The van der Waals surface area contributed by atoms with E-state index in [9.17, 15) is 4.79 Å². The molecule has 1 aromatic heterocycles. The van der Waals surface area contributed by atoms with Crippen LogP contribution in [0.25, 0.3) is 11.4 Å². The first-order valence-electron chi connectivity index (χ1n) is 8.39. The van der Waals surface area contributed by atoms with Crippen molar-refractivity contribution in [3.8, 4) is 17.1 Å². The lowest BCUT2D eigenvalue weighted by Crippen LogP contribution is -2.13. The molecule has 0 aliphatic carbocycles. The molecule has 2 aromatic carbocycles. The van der Waals surface area contributed by atoms with Crippen LogP contribution in [-0.2, 0) is 11.2 Å². The maximum absolute atomic E-state index is 12.2. The van der Waals surface area contributed by atoms with Crippen LogP contribution in [-0.4, -0.2) is 23.2 Å². The number of aromatic nitrogens is 2. The van der Waals surface area contributed by atoms with Gasteiger partial charge in [0.15, 0.2) is 0 Å². The fourth-order valence-corrected chi connectivity index (χ4v) is 2.54. The Balaban J connectivity index is 1.61. The average Bonchev–Trinajstić information content (AvgIpc) is 3.12. The van der Waals surface area contributed by atoms with Crippen LogP contribution in [0.3, 0.4) is 0 Å². The Bertz CT molecular complexity index is 918. The largest absolute Gasteiger partial charge is 0.497 e. The molecule has 3 aromatic rings. The molecule has 0 radical (unpaired) electrons. The van der Waals surface area contributed by atoms with E-state index in [1.165, 1.54) is 0 Å². The summed E-state index contributed by atoms with van der Waals surface area (Å²) in [7, 11) is 1.61. The molecule has 0 bridgehead atoms. The number of hydrogen-bond donors (Lipinski definition) is 1. The summed E-state index contributed by atoms with van der Waals surface area (Å²) in [6, 6.07) is 13.4. The lowest BCUT2D eigenvalue weighted by molar-refractivity contribution is -0.116. The van der Waals surface area contributed by atoms with Crippen molar-refractivity contribution in [1.82, 2.24) is 10.1 Å². The Morgan fingerprint density at radius 3 is 2.85 bits per heavy atom. The van der Waals surface area contributed by atoms with E-state index in [-0.39, 0.29) is 12.3 Å². The molecule has 6 heteroatoms. The van der Waals surface area contributed by atoms with Gasteiger partial charge < -0.3 is 14.6 Å². The molecule has 0 spiro atoms. The third kappa shape index (κ3) is 4.27. The summed E-state index contributed by atoms with van der Waals surface area (Å²) in [6.45, 7) is 3.96. The summed E-state index contributed by atoms with van der Waals surface area (Å²) in [5, 5.41) is 6.91. The molecule has 1 N–H and O–H groups in total. The van der Waals surface area contributed by atoms with Crippen LogP contribution in [0, 0.1) is 13.8 Å². The van der Waals surface area contributed by atoms with E-state index in [0.717, 1.165) is 28.1 Å². The second-order valence-corrected chi connectivity index (χ2v) is 6.11. The van der Waals surface area contributed by atoms with E-state index in [2.05, 4.69) is 15.5 Å². The number of amides is 1. The Morgan fingerprint density at radius 2 is 2.04 bits per heavy atom. The number of ether oxygens (including phenoxy) is 1. The Morgan fingerprint density at radius 1 is 1.19 bits per heavy atom. The van der Waals surface area contributed by atoms with E-state index in [0.29, 0.717) is 18.1 Å². The van der Waals surface area contributed by atoms with Crippen LogP contribution in [0.15, 0.2) is 47.0 Å². The fraction of sp³-hybridized carbons (Fsp3) is 0.250. The van der Waals surface area contributed by atoms with Crippen molar-refractivity contribution < 1.29 is 14.1 Å². The molecule has 1 amide bonds. The highest BCUT2D eigenvalue weighted by Gasteiger charge is 2.12. The quantitative estimate of drug-likeness (QED) is 0.728. The summed E-state index contributed by atoms with van der Waals surface area (Å²) < 4.78 is 10.5. The van der Waals surface area contributed by atoms with Gasteiger partial charge in [0, 0.05) is 24.1 Å². The third-order valence-corrected chi connectivity index (χ3v) is 4.03. The highest BCUT2D eigenvalue weighted by molar-refractivity contribution is 5.91. The zero-order valence-corrected chi connectivity index (χ0v) is 15.1. The van der Waals surface area contributed by atoms with Crippen LogP contribution in [0.4, 0.5) is 5.69 Å². The third-order valence-electron chi connectivity index (χ3n) is 4.03. The first-order valence-corrected chi connectivity index (χ1v) is 8.39. The van der Waals surface area contributed by atoms with Gasteiger partial charge in [0.2, 0.25) is 17.6 Å². The van der Waals surface area contributed by atoms with E-state index >= 15 is 0 Å². The summed E-state index contributed by atoms with van der Waals surface area (Å²) in [4.78, 5) is 16.5. The Labute approximate surface area is 152 Å². The van der Waals surface area contributed by atoms with Gasteiger partial charge >= 0.3 is 0 Å². The number of hydrogen-bond acceptors (Lipinski definition) is 5. The van der Waals surface area contributed by atoms with E-state index in [4.69, 9.17) is 9.26 Å². The molecule has 26 heavy (non-hydrogen) atoms. The topological polar surface area (TPSA) is 77.2 Å². The fourth-order valence-electron chi connectivity index (χ4n) is 2.54. The number of nitrogens with one attached hydrogen (secondary N) is 1. The summed E-state index contributed by atoms with van der Waals surface area (Å²) >= 11 is 0. The number of methoxy groups -OCH3 is 1. The van der Waals surface area contributed by atoms with Crippen LogP contribution in [0.1, 0.15) is 23.4 Å². The molecule has 0 atom stereocenters. The van der Waals surface area contributed by atoms with Gasteiger partial charge in [-0.3, -0.25) is 4.79 Å². The highest BCUT2D eigenvalue weighted by atomic mass is 16.5. The lowest BCUT2D eigenvalue weighted by atomic mass is 10.1. The monoisotopic (exact) mass is 351 g/mol. The zero-order chi connectivity index (χ0) is 18.5. The van der Waals surface area contributed by atoms with Gasteiger partial charge in [0.1, 0.15) is 5.75 Å². The lowest BCUT2D eigenvalue weighted by Gasteiger charge is -2.08. The number of carbonyl (C=O) groups excluding carboxylic acids is 1. The van der Waals surface area contributed by atoms with Crippen LogP contribution in [0.2, 0.25) is 0 Å². The Hall–Kier alpha value is -3.15. The highest BCUT2D eigenvalue weighted by Crippen LogP contribution is 2.21. The predicted octanol–water partition coefficient (Wildman–Crippen LogP) is 3.93. The molecular formula is C20H21N3O3. The molecule has 0 aliphatic heterocycles. The molecule has 0 saturated heterocycles. The second kappa shape index (κ2) is 7.82. The Kier molecular flexibility index (Phi) is 5.31. The predicted molar refractivity (Wildman–Crippen MR) is 99.2 cm³/mol. The van der Waals surface area contributed by atoms with E-state index in [1.54, 1.807) is 7.11 Å². The normalized spacial score (nSPS) is 10.6. The van der Waals surface area contributed by atoms with E-state index < -0.39 is 0 Å². The summed E-state index contributed by atoms with van der Waals surface area (Å²) in [5.41, 5.74) is 3.77. The minimum absolute atomic E-state index is 0.0835. The van der Waals surface area contributed by atoms with Crippen molar-refractivity contribution in [2.75, 3.05) is 12.4 Å². The minimum atomic E-state index is -0.0835. The smallest absolute Gasteiger partial charge is 0.227 e. The van der Waals surface area contributed by atoms with E-state index in [1.807, 2.05) is 56.3 Å². The van der Waals surface area contributed by atoms with Gasteiger partial charge in [0.05, 0.1) is 7.11 Å². The second-order valence-electron chi connectivity index (χ2n) is 6.11. The molecule has 0 saturated carbocycles. The van der Waals surface area contributed by atoms with Gasteiger partial charge in [-0.2, -0.15) is 4.98 Å². The van der Waals surface area contributed by atoms with Crippen molar-refractivity contribution in [1.29, 1.82) is 0 Å². The first-order chi connectivity index (χ1) is 12.5. The number of carbonyl (C=O) groups is 1. The van der Waals surface area contributed by atoms with Gasteiger partial charge in [-0.1, -0.05) is 29.4 Å². The first kappa shape index (κ1) is 17.7. The molecule has 6 nitrogen and oxygen atoms in total. The molecule has 3 rings (SSSR count). The number of rotatable bonds is 6. The minimum Gasteiger partial charge on any atom is -0.497 e. The standard InChI is InChI=1S/C20H21N3O3/c1-13-7-8-14(2)17(11-13)21-18(24)9-10-19-22-20(23-26-19)15-5-4-6-16(12-15)25-3/h4-8,11-12H,9-10H2,1-3H3,(H,21,24). The van der Waals surface area contributed by atoms with Crippen molar-refractivity contribution in [2.45, 2.75) is 26.7 Å². The molecule has 0 unspecified atom stereocenters. The maximum atomic E-state index is 12.2. The van der Waals surface area contributed by atoms with Crippen molar-refractivity contribution in [3.05, 3.63) is 59.5 Å². The SMILES string of the molecule is COc1cccc(-c2noc(CCC(=O)Nc3cc(C)ccc3C)n2)c1. The van der Waals surface area contributed by atoms with Gasteiger partial charge in [-0.25, -0.2) is 0 Å². The van der Waals surface area contributed by atoms with Crippen molar-refractivity contribution >= 4 is 11.6 Å². The summed E-state index contributed by atoms with van der Waals surface area (Å²) in [5.74, 6) is 1.55. The number of anilines is 1. The molecular weight excluding hydrogens is 330 g/mol. The van der Waals surface area contributed by atoms with Crippen molar-refractivity contribution in [3.63, 3.8) is 0 Å².